The van der Waals surface area contributed by atoms with Crippen LogP contribution in [0.2, 0.25) is 0 Å². The van der Waals surface area contributed by atoms with E-state index in [-0.39, 0.29) is 11.7 Å². The van der Waals surface area contributed by atoms with E-state index in [1.54, 1.807) is 36.3 Å². The van der Waals surface area contributed by atoms with E-state index in [1.807, 2.05) is 11.0 Å². The summed E-state index contributed by atoms with van der Waals surface area (Å²) in [6.07, 6.45) is 4.55. The first-order valence-corrected chi connectivity index (χ1v) is 8.04. The quantitative estimate of drug-likeness (QED) is 0.869. The number of hydrogen-bond donors (Lipinski definition) is 0. The van der Waals surface area contributed by atoms with Crippen molar-refractivity contribution < 1.29 is 9.18 Å². The summed E-state index contributed by atoms with van der Waals surface area (Å²) in [5.74, 6) is -0.103. The summed E-state index contributed by atoms with van der Waals surface area (Å²) >= 11 is 1.70. The number of rotatable bonds is 4. The van der Waals surface area contributed by atoms with Crippen molar-refractivity contribution in [1.29, 1.82) is 0 Å². The minimum atomic E-state index is -0.224. The molecule has 0 saturated carbocycles. The van der Waals surface area contributed by atoms with Crippen LogP contribution in [0.1, 0.15) is 12.0 Å². The van der Waals surface area contributed by atoms with E-state index in [9.17, 15) is 9.18 Å². The van der Waals surface area contributed by atoms with Gasteiger partial charge in [0, 0.05) is 29.4 Å². The molecule has 4 nitrogen and oxygen atoms in total. The zero-order valence-corrected chi connectivity index (χ0v) is 12.8. The normalized spacial score (nSPS) is 17.7. The Morgan fingerprint density at radius 1 is 1.27 bits per heavy atom. The van der Waals surface area contributed by atoms with Gasteiger partial charge >= 0.3 is 0 Å². The molecular weight excluding hydrogens is 301 g/mol. The number of halogens is 1. The summed E-state index contributed by atoms with van der Waals surface area (Å²) in [6.45, 7) is 1.51. The summed E-state index contributed by atoms with van der Waals surface area (Å²) < 4.78 is 12.9. The van der Waals surface area contributed by atoms with E-state index < -0.39 is 0 Å². The highest BCUT2D eigenvalue weighted by Crippen LogP contribution is 2.30. The Balaban J connectivity index is 1.53. The Bertz CT molecular complexity index is 636. The molecule has 0 bridgehead atoms. The van der Waals surface area contributed by atoms with Crippen molar-refractivity contribution in [3.05, 3.63) is 54.1 Å². The van der Waals surface area contributed by atoms with Crippen LogP contribution in [0.25, 0.3) is 0 Å². The van der Waals surface area contributed by atoms with Crippen LogP contribution in [0.15, 0.2) is 47.6 Å². The van der Waals surface area contributed by atoms with E-state index in [4.69, 9.17) is 0 Å². The lowest BCUT2D eigenvalue weighted by Crippen LogP contribution is -2.30. The first-order valence-electron chi connectivity index (χ1n) is 7.16. The standard InChI is InChI=1S/C16H16FN3OS/c17-13-1-3-14(4-2-13)22-15-6-8-20(11-15)16(21)9-12-5-7-18-19-10-12/h1-5,7,10,15H,6,8-9,11H2. The van der Waals surface area contributed by atoms with Crippen LogP contribution in [-0.2, 0) is 11.2 Å². The fourth-order valence-corrected chi connectivity index (χ4v) is 3.62. The van der Waals surface area contributed by atoms with Crippen molar-refractivity contribution >= 4 is 17.7 Å². The summed E-state index contributed by atoms with van der Waals surface area (Å²) in [5, 5.41) is 7.86. The molecule has 1 amide bonds. The Morgan fingerprint density at radius 2 is 2.09 bits per heavy atom. The van der Waals surface area contributed by atoms with Gasteiger partial charge in [-0.15, -0.1) is 11.8 Å². The van der Waals surface area contributed by atoms with Gasteiger partial charge in [-0.05, 0) is 42.3 Å². The van der Waals surface area contributed by atoms with Gasteiger partial charge in [0.1, 0.15) is 5.82 Å². The van der Waals surface area contributed by atoms with E-state index >= 15 is 0 Å². The fraction of sp³-hybridized carbons (Fsp3) is 0.312. The summed E-state index contributed by atoms with van der Waals surface area (Å²) in [5.41, 5.74) is 0.884. The van der Waals surface area contributed by atoms with Crippen molar-refractivity contribution in [3.63, 3.8) is 0 Å². The Labute approximate surface area is 132 Å². The molecule has 1 aromatic carbocycles. The predicted octanol–water partition coefficient (Wildman–Crippen LogP) is 2.55. The predicted molar refractivity (Wildman–Crippen MR) is 83.0 cm³/mol. The molecule has 1 fully saturated rings. The molecule has 1 aromatic heterocycles. The number of nitrogens with zero attached hydrogens (tertiary/aromatic N) is 3. The Hall–Kier alpha value is -1.95. The first kappa shape index (κ1) is 15.0. The number of likely N-dealkylation sites (tertiary alicyclic amines) is 1. The second-order valence-electron chi connectivity index (χ2n) is 5.25. The summed E-state index contributed by atoms with van der Waals surface area (Å²) in [4.78, 5) is 15.2. The Morgan fingerprint density at radius 3 is 2.82 bits per heavy atom. The van der Waals surface area contributed by atoms with Crippen LogP contribution in [0.4, 0.5) is 4.39 Å². The molecule has 6 heteroatoms. The molecule has 0 radical (unpaired) electrons. The van der Waals surface area contributed by atoms with Crippen molar-refractivity contribution in [2.45, 2.75) is 23.0 Å². The van der Waals surface area contributed by atoms with Gasteiger partial charge in [0.05, 0.1) is 12.6 Å². The first-order chi connectivity index (χ1) is 10.7. The molecule has 1 saturated heterocycles. The van der Waals surface area contributed by atoms with Gasteiger partial charge in [-0.1, -0.05) is 0 Å². The summed E-state index contributed by atoms with van der Waals surface area (Å²) in [7, 11) is 0. The van der Waals surface area contributed by atoms with Crippen LogP contribution in [-0.4, -0.2) is 39.3 Å². The van der Waals surface area contributed by atoms with Crippen molar-refractivity contribution in [2.75, 3.05) is 13.1 Å². The minimum absolute atomic E-state index is 0.121. The minimum Gasteiger partial charge on any atom is -0.341 e. The van der Waals surface area contributed by atoms with E-state index in [2.05, 4.69) is 10.2 Å². The van der Waals surface area contributed by atoms with E-state index in [0.29, 0.717) is 11.7 Å². The number of amides is 1. The van der Waals surface area contributed by atoms with Crippen molar-refractivity contribution in [1.82, 2.24) is 15.1 Å². The number of aromatic nitrogens is 2. The van der Waals surface area contributed by atoms with E-state index in [0.717, 1.165) is 30.0 Å². The van der Waals surface area contributed by atoms with Gasteiger partial charge < -0.3 is 4.90 Å². The number of carbonyl (C=O) groups excluding carboxylic acids is 1. The smallest absolute Gasteiger partial charge is 0.227 e. The second-order valence-corrected chi connectivity index (χ2v) is 6.62. The monoisotopic (exact) mass is 317 g/mol. The zero-order chi connectivity index (χ0) is 15.4. The molecular formula is C16H16FN3OS. The maximum Gasteiger partial charge on any atom is 0.227 e. The SMILES string of the molecule is O=C(Cc1ccnnc1)N1CCC(Sc2ccc(F)cc2)C1. The maximum absolute atomic E-state index is 12.9. The third kappa shape index (κ3) is 3.82. The molecule has 3 rings (SSSR count). The van der Waals surface area contributed by atoms with Crippen molar-refractivity contribution in [2.24, 2.45) is 0 Å². The van der Waals surface area contributed by atoms with Crippen LogP contribution in [0, 0.1) is 5.82 Å². The van der Waals surface area contributed by atoms with Gasteiger partial charge in [-0.2, -0.15) is 10.2 Å². The molecule has 1 aliphatic rings. The van der Waals surface area contributed by atoms with Gasteiger partial charge in [-0.25, -0.2) is 4.39 Å². The van der Waals surface area contributed by atoms with Gasteiger partial charge in [0.15, 0.2) is 0 Å². The maximum atomic E-state index is 12.9. The van der Waals surface area contributed by atoms with Crippen LogP contribution < -0.4 is 0 Å². The lowest BCUT2D eigenvalue weighted by molar-refractivity contribution is -0.129. The number of carbonyl (C=O) groups is 1. The van der Waals surface area contributed by atoms with E-state index in [1.165, 1.54) is 12.1 Å². The highest BCUT2D eigenvalue weighted by Gasteiger charge is 2.26. The molecule has 0 aliphatic carbocycles. The third-order valence-corrected chi connectivity index (χ3v) is 4.88. The molecule has 2 aromatic rings. The second kappa shape index (κ2) is 6.87. The number of thioether (sulfide) groups is 1. The number of hydrogen-bond acceptors (Lipinski definition) is 4. The van der Waals surface area contributed by atoms with Crippen molar-refractivity contribution in [3.8, 4) is 0 Å². The molecule has 1 unspecified atom stereocenters. The Kier molecular flexibility index (Phi) is 4.68. The average molecular weight is 317 g/mol. The van der Waals surface area contributed by atoms with Crippen LogP contribution in [0.3, 0.4) is 0 Å². The lowest BCUT2D eigenvalue weighted by Gasteiger charge is -2.16. The lowest BCUT2D eigenvalue weighted by atomic mass is 10.2. The molecule has 1 aliphatic heterocycles. The molecule has 22 heavy (non-hydrogen) atoms. The molecule has 1 atom stereocenters. The van der Waals surface area contributed by atoms with Crippen LogP contribution in [0.5, 0.6) is 0 Å². The highest BCUT2D eigenvalue weighted by molar-refractivity contribution is 8.00. The van der Waals surface area contributed by atoms with Gasteiger partial charge in [0.2, 0.25) is 5.91 Å². The highest BCUT2D eigenvalue weighted by atomic mass is 32.2. The van der Waals surface area contributed by atoms with Gasteiger partial charge in [0.25, 0.3) is 0 Å². The molecule has 114 valence electrons. The zero-order valence-electron chi connectivity index (χ0n) is 12.0. The van der Waals surface area contributed by atoms with Crippen LogP contribution >= 0.6 is 11.8 Å². The van der Waals surface area contributed by atoms with Gasteiger partial charge in [-0.3, -0.25) is 4.79 Å². The fourth-order valence-electron chi connectivity index (χ4n) is 2.47. The summed E-state index contributed by atoms with van der Waals surface area (Å²) in [6, 6.07) is 8.32. The average Bonchev–Trinajstić information content (AvgIpc) is 2.99. The molecule has 0 spiro atoms. The third-order valence-electron chi connectivity index (χ3n) is 3.61. The topological polar surface area (TPSA) is 46.1 Å². The largest absolute Gasteiger partial charge is 0.341 e. The number of benzene rings is 1. The molecule has 0 N–H and O–H groups in total. The molecule has 2 heterocycles.